The molecule has 1 saturated carbocycles. The van der Waals surface area contributed by atoms with Crippen molar-refractivity contribution < 1.29 is 9.18 Å². The van der Waals surface area contributed by atoms with Crippen LogP contribution in [0.1, 0.15) is 35.4 Å². The first-order valence-corrected chi connectivity index (χ1v) is 9.13. The summed E-state index contributed by atoms with van der Waals surface area (Å²) in [5, 5.41) is 3.71. The summed E-state index contributed by atoms with van der Waals surface area (Å²) in [4.78, 5) is 21.0. The maximum absolute atomic E-state index is 13.2. The lowest BCUT2D eigenvalue weighted by Crippen LogP contribution is -2.46. The molecule has 4 nitrogen and oxygen atoms in total. The van der Waals surface area contributed by atoms with Crippen LogP contribution in [0, 0.1) is 5.82 Å². The molecule has 4 rings (SSSR count). The van der Waals surface area contributed by atoms with E-state index >= 15 is 0 Å². The first-order chi connectivity index (χ1) is 11.6. The first-order valence-electron chi connectivity index (χ1n) is 8.31. The van der Waals surface area contributed by atoms with Gasteiger partial charge >= 0.3 is 0 Å². The minimum Gasteiger partial charge on any atom is -0.301 e. The zero-order valence-corrected chi connectivity index (χ0v) is 14.5. The zero-order chi connectivity index (χ0) is 16.7. The molecule has 1 aliphatic heterocycles. The van der Waals surface area contributed by atoms with Crippen molar-refractivity contribution in [3.05, 3.63) is 46.2 Å². The monoisotopic (exact) mass is 345 g/mol. The number of hydrogen-bond donors (Lipinski definition) is 1. The van der Waals surface area contributed by atoms with Crippen LogP contribution in [0.4, 0.5) is 9.52 Å². The molecule has 1 aliphatic carbocycles. The highest BCUT2D eigenvalue weighted by atomic mass is 32.1. The minimum absolute atomic E-state index is 0.0141. The second kappa shape index (κ2) is 5.93. The second-order valence-electron chi connectivity index (χ2n) is 6.77. The maximum Gasteiger partial charge on any atom is 0.236 e. The lowest BCUT2D eigenvalue weighted by molar-refractivity contribution is -0.124. The van der Waals surface area contributed by atoms with Crippen molar-refractivity contribution in [3.8, 4) is 0 Å². The van der Waals surface area contributed by atoms with Crippen LogP contribution in [-0.2, 0) is 23.2 Å². The standard InChI is InChI=1S/C18H20FN3OS/c1-22-10-7-14-15(11-22)24-17(20-14)21-16(23)18(8-2-9-18)12-3-5-13(19)6-4-12/h3-6H,2,7-11H2,1H3,(H,20,21,23). The van der Waals surface area contributed by atoms with Gasteiger partial charge in [0.05, 0.1) is 11.1 Å². The van der Waals surface area contributed by atoms with Crippen molar-refractivity contribution in [3.63, 3.8) is 0 Å². The van der Waals surface area contributed by atoms with Crippen molar-refractivity contribution in [2.45, 2.75) is 37.6 Å². The van der Waals surface area contributed by atoms with Crippen LogP contribution in [0.2, 0.25) is 0 Å². The predicted molar refractivity (Wildman–Crippen MR) is 92.7 cm³/mol. The molecule has 2 aliphatic rings. The van der Waals surface area contributed by atoms with Gasteiger partial charge in [-0.15, -0.1) is 11.3 Å². The topological polar surface area (TPSA) is 45.2 Å². The molecule has 6 heteroatoms. The van der Waals surface area contributed by atoms with E-state index in [2.05, 4.69) is 22.2 Å². The molecule has 0 radical (unpaired) electrons. The van der Waals surface area contributed by atoms with Crippen molar-refractivity contribution in [2.24, 2.45) is 0 Å². The molecule has 2 heterocycles. The van der Waals surface area contributed by atoms with Gasteiger partial charge in [-0.05, 0) is 37.6 Å². The van der Waals surface area contributed by atoms with Gasteiger partial charge < -0.3 is 10.2 Å². The average molecular weight is 345 g/mol. The van der Waals surface area contributed by atoms with Crippen LogP contribution in [0.3, 0.4) is 0 Å². The highest BCUT2D eigenvalue weighted by molar-refractivity contribution is 7.15. The van der Waals surface area contributed by atoms with E-state index in [1.54, 1.807) is 23.5 Å². The number of anilines is 1. The number of thiazole rings is 1. The third-order valence-electron chi connectivity index (χ3n) is 5.18. The number of fused-ring (bicyclic) bond motifs is 1. The SMILES string of the molecule is CN1CCc2nc(NC(=O)C3(c4ccc(F)cc4)CCC3)sc2C1. The van der Waals surface area contributed by atoms with E-state index in [9.17, 15) is 9.18 Å². The number of likely N-dealkylation sites (N-methyl/N-ethyl adjacent to an activating group) is 1. The molecule has 0 bridgehead atoms. The molecule has 1 aromatic heterocycles. The van der Waals surface area contributed by atoms with Crippen LogP contribution >= 0.6 is 11.3 Å². The van der Waals surface area contributed by atoms with Crippen LogP contribution in [0.25, 0.3) is 0 Å². The normalized spacial score (nSPS) is 19.4. The van der Waals surface area contributed by atoms with E-state index in [0.29, 0.717) is 5.13 Å². The van der Waals surface area contributed by atoms with Gasteiger partial charge in [-0.1, -0.05) is 18.6 Å². The fourth-order valence-electron chi connectivity index (χ4n) is 3.54. The Morgan fingerprint density at radius 2 is 2.08 bits per heavy atom. The summed E-state index contributed by atoms with van der Waals surface area (Å²) in [6.07, 6.45) is 3.56. The number of amides is 1. The first kappa shape index (κ1) is 15.7. The Kier molecular flexibility index (Phi) is 3.89. The number of nitrogens with zero attached hydrogens (tertiary/aromatic N) is 2. The van der Waals surface area contributed by atoms with Crippen molar-refractivity contribution >= 4 is 22.4 Å². The van der Waals surface area contributed by atoms with E-state index in [4.69, 9.17) is 0 Å². The summed E-state index contributed by atoms with van der Waals surface area (Å²) in [5.74, 6) is -0.287. The summed E-state index contributed by atoms with van der Waals surface area (Å²) in [7, 11) is 2.10. The number of hydrogen-bond acceptors (Lipinski definition) is 4. The fraction of sp³-hybridized carbons (Fsp3) is 0.444. The van der Waals surface area contributed by atoms with E-state index < -0.39 is 5.41 Å². The molecule has 1 N–H and O–H groups in total. The molecule has 1 amide bonds. The average Bonchev–Trinajstić information content (AvgIpc) is 2.89. The predicted octanol–water partition coefficient (Wildman–Crippen LogP) is 3.33. The number of nitrogens with one attached hydrogen (secondary N) is 1. The number of carbonyl (C=O) groups excluding carboxylic acids is 1. The highest BCUT2D eigenvalue weighted by Crippen LogP contribution is 2.45. The number of benzene rings is 1. The fourth-order valence-corrected chi connectivity index (χ4v) is 4.62. The maximum atomic E-state index is 13.2. The molecule has 0 spiro atoms. The Hall–Kier alpha value is -1.79. The van der Waals surface area contributed by atoms with E-state index in [-0.39, 0.29) is 11.7 Å². The second-order valence-corrected chi connectivity index (χ2v) is 7.86. The van der Waals surface area contributed by atoms with Crippen molar-refractivity contribution in [2.75, 3.05) is 18.9 Å². The molecular formula is C18H20FN3OS. The van der Waals surface area contributed by atoms with Crippen LogP contribution < -0.4 is 5.32 Å². The van der Waals surface area contributed by atoms with Crippen molar-refractivity contribution in [1.82, 2.24) is 9.88 Å². The van der Waals surface area contributed by atoms with Gasteiger partial charge in [-0.25, -0.2) is 9.37 Å². The van der Waals surface area contributed by atoms with Crippen molar-refractivity contribution in [1.29, 1.82) is 0 Å². The molecule has 0 saturated heterocycles. The van der Waals surface area contributed by atoms with Gasteiger partial charge in [0.15, 0.2) is 5.13 Å². The third kappa shape index (κ3) is 2.63. The van der Waals surface area contributed by atoms with E-state index in [1.165, 1.54) is 17.0 Å². The number of halogens is 1. The van der Waals surface area contributed by atoms with Crippen LogP contribution in [-0.4, -0.2) is 29.4 Å². The van der Waals surface area contributed by atoms with Crippen LogP contribution in [0.5, 0.6) is 0 Å². The Labute approximate surface area is 144 Å². The van der Waals surface area contributed by atoms with E-state index in [1.807, 2.05) is 0 Å². The summed E-state index contributed by atoms with van der Waals surface area (Å²) >= 11 is 1.57. The molecule has 1 aromatic carbocycles. The van der Waals surface area contributed by atoms with Gasteiger partial charge in [0.25, 0.3) is 0 Å². The summed E-state index contributed by atoms with van der Waals surface area (Å²) in [6, 6.07) is 6.33. The number of rotatable bonds is 3. The van der Waals surface area contributed by atoms with E-state index in [0.717, 1.165) is 50.0 Å². The Morgan fingerprint density at radius 3 is 2.75 bits per heavy atom. The smallest absolute Gasteiger partial charge is 0.236 e. The largest absolute Gasteiger partial charge is 0.301 e. The van der Waals surface area contributed by atoms with Gasteiger partial charge in [-0.3, -0.25) is 4.79 Å². The molecule has 0 atom stereocenters. The highest BCUT2D eigenvalue weighted by Gasteiger charge is 2.46. The Balaban J connectivity index is 1.56. The zero-order valence-electron chi connectivity index (χ0n) is 13.6. The molecule has 0 unspecified atom stereocenters. The lowest BCUT2D eigenvalue weighted by atomic mass is 9.64. The summed E-state index contributed by atoms with van der Waals surface area (Å²) < 4.78 is 13.2. The molecule has 2 aromatic rings. The summed E-state index contributed by atoms with van der Waals surface area (Å²) in [6.45, 7) is 1.90. The van der Waals surface area contributed by atoms with Gasteiger partial charge in [-0.2, -0.15) is 0 Å². The lowest BCUT2D eigenvalue weighted by Gasteiger charge is -2.40. The quantitative estimate of drug-likeness (QED) is 0.928. The molecule has 1 fully saturated rings. The molecule has 126 valence electrons. The Bertz CT molecular complexity index is 767. The number of aromatic nitrogens is 1. The number of carbonyl (C=O) groups is 1. The summed E-state index contributed by atoms with van der Waals surface area (Å²) in [5.41, 5.74) is 1.47. The third-order valence-corrected chi connectivity index (χ3v) is 6.18. The molecule has 24 heavy (non-hydrogen) atoms. The van der Waals surface area contributed by atoms with Crippen LogP contribution in [0.15, 0.2) is 24.3 Å². The minimum atomic E-state index is -0.531. The van der Waals surface area contributed by atoms with Gasteiger partial charge in [0.1, 0.15) is 5.82 Å². The molecular weight excluding hydrogens is 325 g/mol. The van der Waals surface area contributed by atoms with Gasteiger partial charge in [0, 0.05) is 24.4 Å². The van der Waals surface area contributed by atoms with Gasteiger partial charge in [0.2, 0.25) is 5.91 Å². The Morgan fingerprint density at radius 1 is 1.33 bits per heavy atom.